The minimum Gasteiger partial charge on any atom is -0.379 e. The van der Waals surface area contributed by atoms with Gasteiger partial charge in [-0.05, 0) is 39.7 Å². The molecule has 1 fully saturated rings. The Morgan fingerprint density at radius 1 is 1.35 bits per heavy atom. The molecule has 1 aromatic carbocycles. The van der Waals surface area contributed by atoms with Gasteiger partial charge in [-0.1, -0.05) is 12.1 Å². The maximum atomic E-state index is 13.8. The zero-order chi connectivity index (χ0) is 17.3. The summed E-state index contributed by atoms with van der Waals surface area (Å²) in [4.78, 5) is 14.0. The van der Waals surface area contributed by atoms with Crippen molar-refractivity contribution in [1.29, 1.82) is 0 Å². The number of carbonyl (C=O) groups excluding carboxylic acids is 1. The highest BCUT2D eigenvalue weighted by atomic mass is 19.2. The van der Waals surface area contributed by atoms with Crippen LogP contribution in [0.3, 0.4) is 0 Å². The Hall–Kier alpha value is -1.53. The Morgan fingerprint density at radius 2 is 2.04 bits per heavy atom. The maximum Gasteiger partial charge on any atom is 0.256 e. The Morgan fingerprint density at radius 3 is 2.70 bits per heavy atom. The molecule has 6 heteroatoms. The fraction of sp³-hybridized carbons (Fsp3) is 0.588. The minimum atomic E-state index is -1.50. The van der Waals surface area contributed by atoms with Crippen LogP contribution in [-0.4, -0.2) is 40.1 Å². The molecule has 1 aliphatic heterocycles. The van der Waals surface area contributed by atoms with Crippen molar-refractivity contribution in [3.63, 3.8) is 0 Å². The monoisotopic (exact) mass is 326 g/mol. The van der Waals surface area contributed by atoms with Crippen molar-refractivity contribution in [2.45, 2.75) is 51.3 Å². The zero-order valence-electron chi connectivity index (χ0n) is 13.8. The third-order valence-electron chi connectivity index (χ3n) is 4.01. The number of hydrogen-bond donors (Lipinski definition) is 2. The van der Waals surface area contributed by atoms with Gasteiger partial charge in [0.1, 0.15) is 0 Å². The number of hydrogen-bond acceptors (Lipinski definition) is 3. The average molecular weight is 326 g/mol. The second-order valence-electron chi connectivity index (χ2n) is 7.18. The number of piperidine rings is 1. The van der Waals surface area contributed by atoms with Gasteiger partial charge in [-0.3, -0.25) is 4.79 Å². The maximum absolute atomic E-state index is 13.8. The van der Waals surface area contributed by atoms with E-state index < -0.39 is 23.1 Å². The molecule has 1 atom stereocenters. The number of β-amino-alcohol motifs (C(OH)–C–C–N with tert-alkyl or cyclic N) is 1. The van der Waals surface area contributed by atoms with Crippen LogP contribution in [0.15, 0.2) is 18.2 Å². The topological polar surface area (TPSA) is 52.6 Å². The van der Waals surface area contributed by atoms with Gasteiger partial charge in [-0.15, -0.1) is 0 Å². The number of benzene rings is 1. The Bertz CT molecular complexity index is 586. The first-order chi connectivity index (χ1) is 10.6. The Kier molecular flexibility index (Phi) is 5.06. The molecular weight excluding hydrogens is 302 g/mol. The molecule has 2 rings (SSSR count). The highest BCUT2D eigenvalue weighted by Gasteiger charge is 2.42. The van der Waals surface area contributed by atoms with Crippen LogP contribution in [0.1, 0.15) is 39.2 Å². The fourth-order valence-corrected chi connectivity index (χ4v) is 2.67. The number of halogens is 2. The smallest absolute Gasteiger partial charge is 0.256 e. The van der Waals surface area contributed by atoms with Gasteiger partial charge >= 0.3 is 0 Å². The van der Waals surface area contributed by atoms with Gasteiger partial charge in [0, 0.05) is 30.7 Å². The molecule has 1 saturated heterocycles. The van der Waals surface area contributed by atoms with Crippen LogP contribution in [0.5, 0.6) is 0 Å². The van der Waals surface area contributed by atoms with Gasteiger partial charge in [-0.2, -0.15) is 0 Å². The third kappa shape index (κ3) is 4.26. The van der Waals surface area contributed by atoms with E-state index >= 15 is 0 Å². The van der Waals surface area contributed by atoms with Crippen LogP contribution >= 0.6 is 0 Å². The molecule has 0 spiro atoms. The molecule has 1 aliphatic rings. The van der Waals surface area contributed by atoms with E-state index in [0.29, 0.717) is 19.4 Å². The summed E-state index contributed by atoms with van der Waals surface area (Å²) < 4.78 is 27.1. The van der Waals surface area contributed by atoms with Crippen molar-refractivity contribution in [1.82, 2.24) is 10.2 Å². The van der Waals surface area contributed by atoms with E-state index in [2.05, 4.69) is 5.32 Å². The summed E-state index contributed by atoms with van der Waals surface area (Å²) in [5.41, 5.74) is -1.62. The molecule has 23 heavy (non-hydrogen) atoms. The van der Waals surface area contributed by atoms with Crippen molar-refractivity contribution in [3.8, 4) is 0 Å². The largest absolute Gasteiger partial charge is 0.379 e. The van der Waals surface area contributed by atoms with E-state index in [1.807, 2.05) is 20.8 Å². The van der Waals surface area contributed by atoms with Crippen molar-refractivity contribution < 1.29 is 18.7 Å². The summed E-state index contributed by atoms with van der Waals surface area (Å²) in [7, 11) is 0. The lowest BCUT2D eigenvalue weighted by Gasteiger charge is -2.39. The van der Waals surface area contributed by atoms with Gasteiger partial charge in [0.2, 0.25) is 0 Å². The quantitative estimate of drug-likeness (QED) is 0.892. The first kappa shape index (κ1) is 17.8. The lowest BCUT2D eigenvalue weighted by molar-refractivity contribution is -0.157. The van der Waals surface area contributed by atoms with E-state index in [9.17, 15) is 18.7 Å². The highest BCUT2D eigenvalue weighted by molar-refractivity contribution is 5.86. The van der Waals surface area contributed by atoms with Crippen molar-refractivity contribution >= 4 is 5.91 Å². The molecule has 2 N–H and O–H groups in total. The van der Waals surface area contributed by atoms with Crippen LogP contribution in [-0.2, 0) is 11.3 Å². The fourth-order valence-electron chi connectivity index (χ4n) is 2.67. The molecular formula is C17H24F2N2O2. The number of amides is 1. The second-order valence-corrected chi connectivity index (χ2v) is 7.18. The summed E-state index contributed by atoms with van der Waals surface area (Å²) in [6.45, 7) is 6.36. The van der Waals surface area contributed by atoms with Crippen LogP contribution in [0, 0.1) is 11.6 Å². The second kappa shape index (κ2) is 6.53. The number of carbonyl (C=O) groups is 1. The molecule has 4 nitrogen and oxygen atoms in total. The Balaban J connectivity index is 2.11. The summed E-state index contributed by atoms with van der Waals surface area (Å²) in [6.07, 6.45) is 0.974. The van der Waals surface area contributed by atoms with Gasteiger partial charge in [0.25, 0.3) is 5.91 Å². The SMILES string of the molecule is CC(C)(C)NCC1(O)CCCN(Cc2cccc(F)c2F)C1=O. The highest BCUT2D eigenvalue weighted by Crippen LogP contribution is 2.25. The number of rotatable bonds is 4. The van der Waals surface area contributed by atoms with E-state index in [4.69, 9.17) is 0 Å². The lowest BCUT2D eigenvalue weighted by Crippen LogP contribution is -2.59. The van der Waals surface area contributed by atoms with Gasteiger partial charge in [0.05, 0.1) is 0 Å². The van der Waals surface area contributed by atoms with Crippen molar-refractivity contribution in [3.05, 3.63) is 35.4 Å². The number of aliphatic hydroxyl groups is 1. The molecule has 1 heterocycles. The molecule has 0 bridgehead atoms. The predicted molar refractivity (Wildman–Crippen MR) is 83.7 cm³/mol. The zero-order valence-corrected chi connectivity index (χ0v) is 13.8. The number of nitrogens with one attached hydrogen (secondary N) is 1. The molecule has 0 aliphatic carbocycles. The van der Waals surface area contributed by atoms with Crippen molar-refractivity contribution in [2.24, 2.45) is 0 Å². The van der Waals surface area contributed by atoms with Gasteiger partial charge in [-0.25, -0.2) is 8.78 Å². The van der Waals surface area contributed by atoms with Crippen LogP contribution < -0.4 is 5.32 Å². The molecule has 128 valence electrons. The molecule has 1 amide bonds. The number of likely N-dealkylation sites (tertiary alicyclic amines) is 1. The van der Waals surface area contributed by atoms with E-state index in [1.54, 1.807) is 0 Å². The number of nitrogens with zero attached hydrogens (tertiary/aromatic N) is 1. The molecule has 0 radical (unpaired) electrons. The first-order valence-electron chi connectivity index (χ1n) is 7.82. The molecule has 0 saturated carbocycles. The standard InChI is InChI=1S/C17H24F2N2O2/c1-16(2,3)20-11-17(23)8-5-9-21(15(17)22)10-12-6-4-7-13(18)14(12)19/h4,6-7,20,23H,5,8-11H2,1-3H3. The average Bonchev–Trinajstić information content (AvgIpc) is 2.46. The molecule has 1 aromatic rings. The van der Waals surface area contributed by atoms with Crippen LogP contribution in [0.2, 0.25) is 0 Å². The summed E-state index contributed by atoms with van der Waals surface area (Å²) >= 11 is 0. The lowest BCUT2D eigenvalue weighted by atomic mass is 9.90. The van der Waals surface area contributed by atoms with Gasteiger partial charge < -0.3 is 15.3 Å². The van der Waals surface area contributed by atoms with Crippen molar-refractivity contribution in [2.75, 3.05) is 13.1 Å². The van der Waals surface area contributed by atoms with Crippen LogP contribution in [0.25, 0.3) is 0 Å². The normalized spacial score (nSPS) is 22.5. The van der Waals surface area contributed by atoms with Gasteiger partial charge in [0.15, 0.2) is 17.2 Å². The summed E-state index contributed by atoms with van der Waals surface area (Å²) in [5.74, 6) is -2.32. The van der Waals surface area contributed by atoms with Crippen LogP contribution in [0.4, 0.5) is 8.78 Å². The van der Waals surface area contributed by atoms with E-state index in [1.165, 1.54) is 17.0 Å². The molecule has 1 unspecified atom stereocenters. The van der Waals surface area contributed by atoms with E-state index in [-0.39, 0.29) is 24.2 Å². The first-order valence-corrected chi connectivity index (χ1v) is 7.82. The molecule has 0 aromatic heterocycles. The van der Waals surface area contributed by atoms with E-state index in [0.717, 1.165) is 6.07 Å². The minimum absolute atomic E-state index is 0.0414. The third-order valence-corrected chi connectivity index (χ3v) is 4.01. The summed E-state index contributed by atoms with van der Waals surface area (Å²) in [6, 6.07) is 3.91. The predicted octanol–water partition coefficient (Wildman–Crippen LogP) is 2.21. The Labute approximate surface area is 135 Å². The summed E-state index contributed by atoms with van der Waals surface area (Å²) in [5, 5.41) is 13.8.